The number of hydrogen-bond donors (Lipinski definition) is 3. The van der Waals surface area contributed by atoms with Crippen molar-refractivity contribution in [1.82, 2.24) is 0 Å². The van der Waals surface area contributed by atoms with Crippen molar-refractivity contribution in [2.24, 2.45) is 0 Å². The van der Waals surface area contributed by atoms with Gasteiger partial charge in [-0.3, -0.25) is 34.6 Å². The predicted octanol–water partition coefficient (Wildman–Crippen LogP) is 7.60. The monoisotopic (exact) mass is 718 g/mol. The minimum Gasteiger partial charge on any atom is -0.475 e. The van der Waals surface area contributed by atoms with Crippen LogP contribution in [0.25, 0.3) is 0 Å². The van der Waals surface area contributed by atoms with Gasteiger partial charge in [0.1, 0.15) is 5.82 Å². The van der Waals surface area contributed by atoms with E-state index in [1.165, 1.54) is 66.9 Å². The van der Waals surface area contributed by atoms with Gasteiger partial charge in [0, 0.05) is 41.1 Å². The highest BCUT2D eigenvalue weighted by Crippen LogP contribution is 2.26. The molecule has 0 saturated heterocycles. The third-order valence-corrected chi connectivity index (χ3v) is 7.12. The number of ketones is 2. The van der Waals surface area contributed by atoms with Crippen LogP contribution < -0.4 is 11.1 Å². The van der Waals surface area contributed by atoms with Crippen molar-refractivity contribution < 1.29 is 42.9 Å². The van der Waals surface area contributed by atoms with E-state index in [2.05, 4.69) is 9.73 Å². The lowest BCUT2D eigenvalue weighted by Crippen LogP contribution is -2.16. The second kappa shape index (κ2) is 17.7. The standard InChI is InChI=1S/C20H13FN2O4.C13H10N2O3.C5H4O3/c21-17-9-5-4-8-15(17)20(25)22-18-11-10-14(23(26)27)12-16(18)19(24)13-6-2-1-3-7-13;14-12-7-6-10(15(17)18)8-11(12)13(16)9-4-2-1-3-5-9;6-5(7)4-2-1-3-8-4/h1-12H,(H,22,25);1-8H,14H2;1-3H,(H,6,7). The van der Waals surface area contributed by atoms with Gasteiger partial charge in [0.15, 0.2) is 11.6 Å². The fourth-order valence-electron chi connectivity index (χ4n) is 4.52. The number of nitrogens with zero attached hydrogens (tertiary/aromatic N) is 2. The topological polar surface area (TPSA) is 226 Å². The summed E-state index contributed by atoms with van der Waals surface area (Å²) in [6.45, 7) is 0. The average molecular weight is 719 g/mol. The maximum absolute atomic E-state index is 13.8. The highest BCUT2D eigenvalue weighted by molar-refractivity contribution is 6.16. The molecule has 0 aliphatic carbocycles. The molecule has 0 aliphatic heterocycles. The van der Waals surface area contributed by atoms with Crippen LogP contribution in [0.4, 0.5) is 27.1 Å². The van der Waals surface area contributed by atoms with Crippen LogP contribution in [0.3, 0.4) is 0 Å². The molecule has 1 heterocycles. The van der Waals surface area contributed by atoms with E-state index in [-0.39, 0.29) is 51.0 Å². The van der Waals surface area contributed by atoms with Gasteiger partial charge in [0.05, 0.1) is 38.5 Å². The summed E-state index contributed by atoms with van der Waals surface area (Å²) in [7, 11) is 0. The third kappa shape index (κ3) is 10.1. The van der Waals surface area contributed by atoms with E-state index in [9.17, 15) is 43.8 Å². The number of carbonyl (C=O) groups excluding carboxylic acids is 3. The molecule has 53 heavy (non-hydrogen) atoms. The molecule has 0 atom stereocenters. The van der Waals surface area contributed by atoms with Crippen LogP contribution in [0.15, 0.2) is 144 Å². The van der Waals surface area contributed by atoms with E-state index in [0.717, 1.165) is 12.1 Å². The van der Waals surface area contributed by atoms with Gasteiger partial charge in [0.2, 0.25) is 5.76 Å². The molecule has 0 spiro atoms. The number of carboxylic acid groups (broad SMARTS) is 1. The van der Waals surface area contributed by atoms with Crippen molar-refractivity contribution in [3.05, 3.63) is 199 Å². The molecular weight excluding hydrogens is 691 g/mol. The summed E-state index contributed by atoms with van der Waals surface area (Å²) in [6, 6.07) is 32.3. The molecule has 0 bridgehead atoms. The number of halogens is 1. The summed E-state index contributed by atoms with van der Waals surface area (Å²) in [4.78, 5) is 67.8. The van der Waals surface area contributed by atoms with Crippen molar-refractivity contribution in [2.75, 3.05) is 11.1 Å². The lowest BCUT2D eigenvalue weighted by molar-refractivity contribution is -0.385. The number of nitrogen functional groups attached to an aromatic ring is 1. The van der Waals surface area contributed by atoms with E-state index >= 15 is 0 Å². The molecule has 0 saturated carbocycles. The van der Waals surface area contributed by atoms with Gasteiger partial charge in [-0.15, -0.1) is 0 Å². The Balaban J connectivity index is 0.000000206. The van der Waals surface area contributed by atoms with Gasteiger partial charge in [-0.05, 0) is 36.4 Å². The van der Waals surface area contributed by atoms with Crippen LogP contribution in [-0.4, -0.2) is 38.4 Å². The number of amides is 1. The van der Waals surface area contributed by atoms with Gasteiger partial charge < -0.3 is 20.6 Å². The smallest absolute Gasteiger partial charge is 0.371 e. The molecule has 5 aromatic carbocycles. The molecular formula is C38H27FN4O10. The van der Waals surface area contributed by atoms with Gasteiger partial charge in [-0.25, -0.2) is 9.18 Å². The van der Waals surface area contributed by atoms with Gasteiger partial charge in [0.25, 0.3) is 17.3 Å². The van der Waals surface area contributed by atoms with Crippen LogP contribution in [-0.2, 0) is 0 Å². The first-order valence-electron chi connectivity index (χ1n) is 15.2. The molecule has 266 valence electrons. The van der Waals surface area contributed by atoms with Crippen molar-refractivity contribution in [2.45, 2.75) is 0 Å². The van der Waals surface area contributed by atoms with Crippen molar-refractivity contribution in [3.8, 4) is 0 Å². The predicted molar refractivity (Wildman–Crippen MR) is 190 cm³/mol. The molecule has 14 nitrogen and oxygen atoms in total. The Kier molecular flexibility index (Phi) is 12.7. The largest absolute Gasteiger partial charge is 0.475 e. The van der Waals surface area contributed by atoms with E-state index in [1.807, 2.05) is 0 Å². The quantitative estimate of drug-likeness (QED) is 0.0570. The third-order valence-electron chi connectivity index (χ3n) is 7.12. The molecule has 0 unspecified atom stereocenters. The number of carboxylic acids is 1. The summed E-state index contributed by atoms with van der Waals surface area (Å²) < 4.78 is 18.3. The number of nitrogens with two attached hydrogens (primary N) is 1. The van der Waals surface area contributed by atoms with Crippen molar-refractivity contribution in [1.29, 1.82) is 0 Å². The molecule has 6 aromatic rings. The highest BCUT2D eigenvalue weighted by Gasteiger charge is 2.21. The Morgan fingerprint density at radius 3 is 1.64 bits per heavy atom. The number of benzene rings is 5. The van der Waals surface area contributed by atoms with Crippen molar-refractivity contribution in [3.63, 3.8) is 0 Å². The summed E-state index contributed by atoms with van der Waals surface area (Å²) in [5.41, 5.74) is 6.18. The fourth-order valence-corrected chi connectivity index (χ4v) is 4.52. The SMILES string of the molecule is Nc1ccc([N+](=O)[O-])cc1C(=O)c1ccccc1.O=C(Nc1ccc([N+](=O)[O-])cc1C(=O)c1ccccc1)c1ccccc1F.O=C(O)c1ccco1. The molecule has 4 N–H and O–H groups in total. The highest BCUT2D eigenvalue weighted by atomic mass is 19.1. The van der Waals surface area contributed by atoms with Crippen LogP contribution in [0.2, 0.25) is 0 Å². The number of non-ortho nitro benzene ring substituents is 2. The van der Waals surface area contributed by atoms with E-state index in [0.29, 0.717) is 11.1 Å². The summed E-state index contributed by atoms with van der Waals surface area (Å²) in [5, 5.41) is 32.4. The first-order chi connectivity index (χ1) is 25.4. The summed E-state index contributed by atoms with van der Waals surface area (Å²) in [6.07, 6.45) is 1.32. The Morgan fingerprint density at radius 1 is 0.642 bits per heavy atom. The molecule has 6 rings (SSSR count). The maximum Gasteiger partial charge on any atom is 0.371 e. The lowest BCUT2D eigenvalue weighted by Gasteiger charge is -2.11. The molecule has 0 fully saturated rings. The van der Waals surface area contributed by atoms with Gasteiger partial charge >= 0.3 is 5.97 Å². The van der Waals surface area contributed by atoms with Crippen molar-refractivity contribution >= 4 is 46.2 Å². The van der Waals surface area contributed by atoms with Gasteiger partial charge in [-0.2, -0.15) is 0 Å². The zero-order valence-corrected chi connectivity index (χ0v) is 27.3. The normalized spacial score (nSPS) is 9.98. The number of nitrogens with one attached hydrogen (secondary N) is 1. The van der Waals surface area contributed by atoms with E-state index < -0.39 is 33.3 Å². The number of hydrogen-bond acceptors (Lipinski definition) is 10. The lowest BCUT2D eigenvalue weighted by atomic mass is 10.0. The summed E-state index contributed by atoms with van der Waals surface area (Å²) >= 11 is 0. The molecule has 1 aromatic heterocycles. The number of rotatable bonds is 9. The Morgan fingerprint density at radius 2 is 1.15 bits per heavy atom. The van der Waals surface area contributed by atoms with E-state index in [4.69, 9.17) is 10.8 Å². The number of anilines is 2. The molecule has 15 heteroatoms. The average Bonchev–Trinajstić information content (AvgIpc) is 3.72. The number of furan rings is 1. The zero-order valence-electron chi connectivity index (χ0n) is 27.3. The first kappa shape index (κ1) is 38.0. The van der Waals surface area contributed by atoms with E-state index in [1.54, 1.807) is 60.7 Å². The first-order valence-corrected chi connectivity index (χ1v) is 15.2. The Labute approximate surface area is 299 Å². The van der Waals surface area contributed by atoms with Crippen LogP contribution in [0.1, 0.15) is 52.8 Å². The van der Waals surface area contributed by atoms with Crippen LogP contribution in [0.5, 0.6) is 0 Å². The summed E-state index contributed by atoms with van der Waals surface area (Å²) in [5.74, 6) is -3.35. The fraction of sp³-hybridized carbons (Fsp3) is 0. The second-order valence-corrected chi connectivity index (χ2v) is 10.6. The van der Waals surface area contributed by atoms with Gasteiger partial charge in [-0.1, -0.05) is 72.8 Å². The van der Waals surface area contributed by atoms with Crippen LogP contribution >= 0.6 is 0 Å². The zero-order chi connectivity index (χ0) is 38.5. The molecule has 1 amide bonds. The minimum absolute atomic E-state index is 0.0231. The number of nitro benzene ring substituents is 2. The van der Waals surface area contributed by atoms with Crippen LogP contribution in [0, 0.1) is 26.0 Å². The Hall–Kier alpha value is -7.81. The number of nitro groups is 2. The molecule has 0 radical (unpaired) electrons. The second-order valence-electron chi connectivity index (χ2n) is 10.6. The maximum atomic E-state index is 13.8. The Bertz CT molecular complexity index is 2280. The molecule has 0 aliphatic rings. The number of aromatic carboxylic acids is 1. The minimum atomic E-state index is -1.03. The number of carbonyl (C=O) groups is 4.